The van der Waals surface area contributed by atoms with Gasteiger partial charge in [0, 0.05) is 36.5 Å². The highest BCUT2D eigenvalue weighted by molar-refractivity contribution is 6.02. The molecule has 0 atom stereocenters. The van der Waals surface area contributed by atoms with Gasteiger partial charge in [0.2, 0.25) is 11.8 Å². The van der Waals surface area contributed by atoms with Gasteiger partial charge in [0.1, 0.15) is 0 Å². The average molecular weight is 429 g/mol. The number of nitrogens with zero attached hydrogens (tertiary/aromatic N) is 3. The van der Waals surface area contributed by atoms with Crippen molar-refractivity contribution < 1.29 is 14.4 Å². The number of urea groups is 1. The van der Waals surface area contributed by atoms with Crippen LogP contribution in [0.5, 0.6) is 0 Å². The van der Waals surface area contributed by atoms with E-state index in [1.54, 1.807) is 10.8 Å². The van der Waals surface area contributed by atoms with Crippen LogP contribution in [0.4, 0.5) is 4.79 Å². The predicted octanol–water partition coefficient (Wildman–Crippen LogP) is 2.53. The van der Waals surface area contributed by atoms with E-state index in [2.05, 4.69) is 10.6 Å². The largest absolute Gasteiger partial charge is 0.351 e. The summed E-state index contributed by atoms with van der Waals surface area (Å²) >= 11 is 0. The lowest BCUT2D eigenvalue weighted by atomic mass is 10.1. The summed E-state index contributed by atoms with van der Waals surface area (Å²) in [6.45, 7) is 2.33. The zero-order chi connectivity index (χ0) is 22.5. The Bertz CT molecular complexity index is 1150. The maximum atomic E-state index is 12.3. The average Bonchev–Trinajstić information content (AvgIpc) is 3.37. The number of carbonyl (C=O) groups excluding carboxylic acids is 3. The van der Waals surface area contributed by atoms with Gasteiger partial charge in [-0.25, -0.2) is 9.48 Å². The van der Waals surface area contributed by atoms with Crippen LogP contribution in [0.25, 0.3) is 23.0 Å². The van der Waals surface area contributed by atoms with Crippen molar-refractivity contribution >= 4 is 23.9 Å². The Balaban J connectivity index is 1.50. The van der Waals surface area contributed by atoms with E-state index < -0.39 is 6.03 Å². The lowest BCUT2D eigenvalue weighted by Crippen LogP contribution is -2.38. The van der Waals surface area contributed by atoms with Crippen LogP contribution in [-0.4, -0.2) is 52.2 Å². The number of hydrogen-bond acceptors (Lipinski definition) is 4. The van der Waals surface area contributed by atoms with Crippen molar-refractivity contribution in [3.05, 3.63) is 78.0 Å². The van der Waals surface area contributed by atoms with Crippen LogP contribution in [0.3, 0.4) is 0 Å². The second-order valence-electron chi connectivity index (χ2n) is 7.41. The molecule has 8 nitrogen and oxygen atoms in total. The molecular formula is C24H23N5O3. The molecule has 0 unspecified atom stereocenters. The molecule has 1 aliphatic rings. The van der Waals surface area contributed by atoms with Crippen molar-refractivity contribution in [1.29, 1.82) is 0 Å². The molecule has 1 aliphatic heterocycles. The summed E-state index contributed by atoms with van der Waals surface area (Å²) in [6.07, 6.45) is 5.02. The number of amides is 4. The minimum Gasteiger partial charge on any atom is -0.351 e. The predicted molar refractivity (Wildman–Crippen MR) is 121 cm³/mol. The number of nitrogens with one attached hydrogen (secondary N) is 2. The summed E-state index contributed by atoms with van der Waals surface area (Å²) in [4.78, 5) is 36.5. The smallest absolute Gasteiger partial charge is 0.324 e. The van der Waals surface area contributed by atoms with Gasteiger partial charge in [0.25, 0.3) is 0 Å². The molecule has 1 saturated heterocycles. The van der Waals surface area contributed by atoms with E-state index in [1.807, 2.05) is 67.7 Å². The van der Waals surface area contributed by atoms with E-state index >= 15 is 0 Å². The van der Waals surface area contributed by atoms with E-state index in [4.69, 9.17) is 5.10 Å². The molecule has 4 rings (SSSR count). The highest BCUT2D eigenvalue weighted by Crippen LogP contribution is 2.25. The topological polar surface area (TPSA) is 96.3 Å². The number of aryl methyl sites for hydroxylation is 1. The molecule has 32 heavy (non-hydrogen) atoms. The molecule has 162 valence electrons. The third kappa shape index (κ3) is 4.75. The van der Waals surface area contributed by atoms with Crippen LogP contribution >= 0.6 is 0 Å². The first-order chi connectivity index (χ1) is 15.5. The molecular weight excluding hydrogens is 406 g/mol. The fourth-order valence-electron chi connectivity index (χ4n) is 3.35. The summed E-state index contributed by atoms with van der Waals surface area (Å²) in [5.74, 6) is -0.616. The summed E-state index contributed by atoms with van der Waals surface area (Å²) < 4.78 is 1.78. The molecule has 2 heterocycles. The number of aromatic nitrogens is 2. The lowest BCUT2D eigenvalue weighted by Gasteiger charge is -2.11. The van der Waals surface area contributed by atoms with Crippen molar-refractivity contribution in [3.63, 3.8) is 0 Å². The van der Waals surface area contributed by atoms with Gasteiger partial charge < -0.3 is 10.6 Å². The number of benzene rings is 2. The van der Waals surface area contributed by atoms with Gasteiger partial charge in [-0.1, -0.05) is 48.0 Å². The number of hydrogen-bond donors (Lipinski definition) is 2. The van der Waals surface area contributed by atoms with E-state index in [0.717, 1.165) is 33.0 Å². The number of para-hydroxylation sites is 1. The summed E-state index contributed by atoms with van der Waals surface area (Å²) in [5, 5.41) is 9.88. The summed E-state index contributed by atoms with van der Waals surface area (Å²) in [6, 6.07) is 17.4. The molecule has 0 aliphatic carbocycles. The molecule has 0 bridgehead atoms. The SMILES string of the molecule is Cc1ccc(-c2nn(-c3ccccc3)cc2C=CC(=O)NCCN2C(=O)CNC2=O)cc1. The number of rotatable bonds is 7. The fourth-order valence-corrected chi connectivity index (χ4v) is 3.35. The minimum atomic E-state index is -0.434. The summed E-state index contributed by atoms with van der Waals surface area (Å²) in [7, 11) is 0. The van der Waals surface area contributed by atoms with Crippen molar-refractivity contribution in [3.8, 4) is 16.9 Å². The maximum absolute atomic E-state index is 12.3. The van der Waals surface area contributed by atoms with Crippen molar-refractivity contribution in [1.82, 2.24) is 25.3 Å². The van der Waals surface area contributed by atoms with E-state index in [9.17, 15) is 14.4 Å². The first-order valence-corrected chi connectivity index (χ1v) is 10.3. The maximum Gasteiger partial charge on any atom is 0.324 e. The van der Waals surface area contributed by atoms with Gasteiger partial charge in [-0.15, -0.1) is 0 Å². The van der Waals surface area contributed by atoms with Gasteiger partial charge in [0.15, 0.2) is 0 Å². The highest BCUT2D eigenvalue weighted by atomic mass is 16.2. The monoisotopic (exact) mass is 429 g/mol. The Labute approximate surface area is 185 Å². The second kappa shape index (κ2) is 9.30. The minimum absolute atomic E-state index is 0.000125. The first kappa shape index (κ1) is 21.0. The van der Waals surface area contributed by atoms with E-state index in [1.165, 1.54) is 6.08 Å². The van der Waals surface area contributed by atoms with Crippen LogP contribution in [0.15, 0.2) is 66.9 Å². The molecule has 0 spiro atoms. The van der Waals surface area contributed by atoms with Crippen molar-refractivity contribution in [2.45, 2.75) is 6.92 Å². The Morgan fingerprint density at radius 1 is 1.12 bits per heavy atom. The van der Waals surface area contributed by atoms with Crippen LogP contribution < -0.4 is 10.6 Å². The lowest BCUT2D eigenvalue weighted by molar-refractivity contribution is -0.125. The van der Waals surface area contributed by atoms with Gasteiger partial charge >= 0.3 is 6.03 Å². The quantitative estimate of drug-likeness (QED) is 0.446. The molecule has 1 fully saturated rings. The Morgan fingerprint density at radius 2 is 1.88 bits per heavy atom. The molecule has 0 radical (unpaired) electrons. The Hall–Kier alpha value is -4.20. The van der Waals surface area contributed by atoms with Gasteiger partial charge in [-0.05, 0) is 25.1 Å². The third-order valence-electron chi connectivity index (χ3n) is 5.07. The zero-order valence-electron chi connectivity index (χ0n) is 17.6. The molecule has 1 aromatic heterocycles. The van der Waals surface area contributed by atoms with Crippen LogP contribution in [-0.2, 0) is 9.59 Å². The highest BCUT2D eigenvalue weighted by Gasteiger charge is 2.27. The zero-order valence-corrected chi connectivity index (χ0v) is 17.6. The fraction of sp³-hybridized carbons (Fsp3) is 0.167. The second-order valence-corrected chi connectivity index (χ2v) is 7.41. The van der Waals surface area contributed by atoms with Crippen LogP contribution in [0, 0.1) is 6.92 Å². The normalized spacial score (nSPS) is 13.6. The van der Waals surface area contributed by atoms with Crippen molar-refractivity contribution in [2.24, 2.45) is 0 Å². The first-order valence-electron chi connectivity index (χ1n) is 10.3. The third-order valence-corrected chi connectivity index (χ3v) is 5.07. The van der Waals surface area contributed by atoms with E-state index in [-0.39, 0.29) is 31.4 Å². The standard InChI is InChI=1S/C24H23N5O3/c1-17-7-9-18(10-8-17)23-19(16-29(27-23)20-5-3-2-4-6-20)11-12-21(30)25-13-14-28-22(31)15-26-24(28)32/h2-12,16H,13-15H2,1H3,(H,25,30)(H,26,32). The van der Waals surface area contributed by atoms with Crippen molar-refractivity contribution in [2.75, 3.05) is 19.6 Å². The molecule has 2 aromatic carbocycles. The van der Waals surface area contributed by atoms with Gasteiger partial charge in [-0.3, -0.25) is 14.5 Å². The van der Waals surface area contributed by atoms with Gasteiger partial charge in [-0.2, -0.15) is 5.10 Å². The van der Waals surface area contributed by atoms with E-state index in [0.29, 0.717) is 0 Å². The number of imide groups is 1. The molecule has 4 amide bonds. The summed E-state index contributed by atoms with van der Waals surface area (Å²) in [5.41, 5.74) is 4.57. The molecule has 8 heteroatoms. The van der Waals surface area contributed by atoms with Crippen LogP contribution in [0.1, 0.15) is 11.1 Å². The Kier molecular flexibility index (Phi) is 6.12. The molecule has 3 aromatic rings. The Morgan fingerprint density at radius 3 is 2.56 bits per heavy atom. The van der Waals surface area contributed by atoms with Gasteiger partial charge in [0.05, 0.1) is 17.9 Å². The van der Waals surface area contributed by atoms with Crippen LogP contribution in [0.2, 0.25) is 0 Å². The molecule has 0 saturated carbocycles. The molecule has 2 N–H and O–H groups in total. The number of carbonyl (C=O) groups is 3.